The van der Waals surface area contributed by atoms with Gasteiger partial charge in [-0.1, -0.05) is 76.5 Å². The normalized spacial score (nSPS) is 50.3. The van der Waals surface area contributed by atoms with Gasteiger partial charge in [0.15, 0.2) is 0 Å². The first-order valence-corrected chi connectivity index (χ1v) is 16.5. The van der Waals surface area contributed by atoms with Gasteiger partial charge in [0.05, 0.1) is 11.7 Å². The van der Waals surface area contributed by atoms with E-state index >= 15 is 0 Å². The molecule has 0 aromatic heterocycles. The molecule has 1 spiro atoms. The predicted octanol–water partition coefficient (Wildman–Crippen LogP) is 9.46. The monoisotopic (exact) mass is 568 g/mol. The fourth-order valence-electron chi connectivity index (χ4n) is 10.7. The molecule has 0 aromatic rings. The van der Waals surface area contributed by atoms with E-state index in [4.69, 9.17) is 4.74 Å². The molecule has 0 aromatic carbocycles. The van der Waals surface area contributed by atoms with E-state index in [1.807, 2.05) is 0 Å². The van der Waals surface area contributed by atoms with Crippen molar-refractivity contribution in [2.75, 3.05) is 4.43 Å². The van der Waals surface area contributed by atoms with E-state index in [-0.39, 0.29) is 5.60 Å². The van der Waals surface area contributed by atoms with Crippen molar-refractivity contribution in [3.05, 3.63) is 0 Å². The van der Waals surface area contributed by atoms with E-state index in [1.165, 1.54) is 87.9 Å². The molecule has 1 aliphatic heterocycles. The summed E-state index contributed by atoms with van der Waals surface area (Å²) in [6.45, 7) is 12.9. The fraction of sp³-hybridized carbons (Fsp3) is 1.00. The van der Waals surface area contributed by atoms with Crippen molar-refractivity contribution in [2.45, 2.75) is 136 Å². The Labute approximate surface area is 219 Å². The minimum absolute atomic E-state index is 0.264. The first-order valence-electron chi connectivity index (χ1n) is 14.9. The van der Waals surface area contributed by atoms with Crippen LogP contribution in [0, 0.1) is 52.3 Å². The largest absolute Gasteiger partial charge is 0.371 e. The van der Waals surface area contributed by atoms with E-state index in [2.05, 4.69) is 57.2 Å². The van der Waals surface area contributed by atoms with Gasteiger partial charge in [-0.25, -0.2) is 0 Å². The molecule has 4 aliphatic carbocycles. The Morgan fingerprint density at radius 1 is 0.818 bits per heavy atom. The van der Waals surface area contributed by atoms with Crippen LogP contribution in [0.2, 0.25) is 0 Å². The molecule has 1 nitrogen and oxygen atoms in total. The third kappa shape index (κ3) is 4.40. The van der Waals surface area contributed by atoms with Crippen molar-refractivity contribution in [1.29, 1.82) is 0 Å². The number of rotatable bonds is 6. The highest BCUT2D eigenvalue weighted by atomic mass is 127. The third-order valence-corrected chi connectivity index (χ3v) is 13.5. The lowest BCUT2D eigenvalue weighted by molar-refractivity contribution is -0.162. The Hall–Kier alpha value is 0.690. The summed E-state index contributed by atoms with van der Waals surface area (Å²) in [7, 11) is 0. The molecule has 4 saturated carbocycles. The number of ether oxygens (including phenoxy) is 1. The molecule has 33 heavy (non-hydrogen) atoms. The summed E-state index contributed by atoms with van der Waals surface area (Å²) in [5.74, 6) is 6.77. The van der Waals surface area contributed by atoms with Crippen LogP contribution in [0.3, 0.4) is 0 Å². The van der Waals surface area contributed by atoms with Gasteiger partial charge in [-0.15, -0.1) is 0 Å². The summed E-state index contributed by atoms with van der Waals surface area (Å²) in [5, 5.41) is 0. The van der Waals surface area contributed by atoms with Crippen molar-refractivity contribution >= 4 is 22.6 Å². The predicted molar refractivity (Wildman–Crippen MR) is 149 cm³/mol. The number of halogens is 1. The summed E-state index contributed by atoms with van der Waals surface area (Å²) in [6.07, 6.45) is 20.9. The molecule has 1 saturated heterocycles. The minimum atomic E-state index is 0.264. The van der Waals surface area contributed by atoms with E-state index in [0.717, 1.165) is 41.4 Å². The van der Waals surface area contributed by atoms with Crippen molar-refractivity contribution in [1.82, 2.24) is 0 Å². The molecule has 2 heteroatoms. The molecule has 0 N–H and O–H groups in total. The van der Waals surface area contributed by atoms with Crippen LogP contribution in [-0.4, -0.2) is 16.1 Å². The lowest BCUT2D eigenvalue weighted by Crippen LogP contribution is -2.56. The summed E-state index contributed by atoms with van der Waals surface area (Å²) in [4.78, 5) is 0. The number of fused-ring (bicyclic) bond motifs is 5. The molecule has 0 unspecified atom stereocenters. The maximum absolute atomic E-state index is 6.73. The van der Waals surface area contributed by atoms with Gasteiger partial charge in [-0.05, 0) is 123 Å². The van der Waals surface area contributed by atoms with Crippen molar-refractivity contribution in [2.24, 2.45) is 52.3 Å². The zero-order valence-corrected chi connectivity index (χ0v) is 24.7. The summed E-state index contributed by atoms with van der Waals surface area (Å²) >= 11 is 2.54. The molecular weight excluding hydrogens is 515 g/mol. The lowest BCUT2D eigenvalue weighted by Gasteiger charge is -2.62. The second kappa shape index (κ2) is 9.53. The van der Waals surface area contributed by atoms with Gasteiger partial charge in [-0.2, -0.15) is 0 Å². The van der Waals surface area contributed by atoms with E-state index in [9.17, 15) is 0 Å². The SMILES string of the molecule is CC(C)CCC[C@@H](C)[C@H]1CC[C@H]2[C@@H]3CC[C@H]4C[C@@]5(CC[C@H](CI)O5)CC[C@]4(C)[C@H]3CC[C@]12C. The van der Waals surface area contributed by atoms with Crippen LogP contribution >= 0.6 is 22.6 Å². The first-order chi connectivity index (χ1) is 15.7. The summed E-state index contributed by atoms with van der Waals surface area (Å²) in [6, 6.07) is 0. The topological polar surface area (TPSA) is 9.23 Å². The van der Waals surface area contributed by atoms with Crippen molar-refractivity contribution < 1.29 is 4.74 Å². The average Bonchev–Trinajstić information content (AvgIpc) is 3.35. The highest BCUT2D eigenvalue weighted by Gasteiger charge is 2.62. The Morgan fingerprint density at radius 2 is 1.61 bits per heavy atom. The van der Waals surface area contributed by atoms with Gasteiger partial charge >= 0.3 is 0 Å². The van der Waals surface area contributed by atoms with Gasteiger partial charge < -0.3 is 4.74 Å². The van der Waals surface area contributed by atoms with E-state index < -0.39 is 0 Å². The van der Waals surface area contributed by atoms with Crippen LogP contribution in [-0.2, 0) is 4.74 Å². The second-order valence-electron chi connectivity index (χ2n) is 14.5. The minimum Gasteiger partial charge on any atom is -0.371 e. The maximum Gasteiger partial charge on any atom is 0.0690 e. The number of hydrogen-bond donors (Lipinski definition) is 0. The maximum atomic E-state index is 6.73. The molecule has 0 amide bonds. The zero-order chi connectivity index (χ0) is 23.4. The van der Waals surface area contributed by atoms with Crippen molar-refractivity contribution in [3.63, 3.8) is 0 Å². The molecule has 5 rings (SSSR count). The first kappa shape index (κ1) is 25.3. The van der Waals surface area contributed by atoms with Gasteiger partial charge in [0, 0.05) is 4.43 Å². The van der Waals surface area contributed by atoms with Crippen LogP contribution in [0.5, 0.6) is 0 Å². The molecule has 5 fully saturated rings. The van der Waals surface area contributed by atoms with Crippen LogP contribution in [0.4, 0.5) is 0 Å². The molecule has 1 heterocycles. The smallest absolute Gasteiger partial charge is 0.0690 e. The van der Waals surface area contributed by atoms with Gasteiger partial charge in [0.1, 0.15) is 0 Å². The van der Waals surface area contributed by atoms with Crippen molar-refractivity contribution in [3.8, 4) is 0 Å². The number of alkyl halides is 1. The van der Waals surface area contributed by atoms with E-state index in [1.54, 1.807) is 6.42 Å². The molecule has 10 atom stereocenters. The second-order valence-corrected chi connectivity index (χ2v) is 15.4. The zero-order valence-electron chi connectivity index (χ0n) is 22.5. The number of hydrogen-bond acceptors (Lipinski definition) is 1. The van der Waals surface area contributed by atoms with Crippen LogP contribution < -0.4 is 0 Å². The highest BCUT2D eigenvalue weighted by Crippen LogP contribution is 2.69. The Kier molecular flexibility index (Phi) is 7.32. The molecular formula is C31H53IO. The molecule has 190 valence electrons. The lowest BCUT2D eigenvalue weighted by atomic mass is 9.43. The average molecular weight is 569 g/mol. The molecule has 0 bridgehead atoms. The third-order valence-electron chi connectivity index (χ3n) is 12.5. The standard InChI is InChI=1S/C31H53IO/c1-21(2)7-6-8-22(3)26-11-12-27-25-10-9-23-19-31(16-13-24(20-32)33-31)18-17-29(23,4)28(25)14-15-30(26,27)5/h21-28H,6-20H2,1-5H3/t22-,23+,24-,25+,26-,27+,28+,29+,30-,31-/m1/s1. The quantitative estimate of drug-likeness (QED) is 0.229. The van der Waals surface area contributed by atoms with E-state index in [0.29, 0.717) is 16.9 Å². The summed E-state index contributed by atoms with van der Waals surface area (Å²) < 4.78 is 7.92. The van der Waals surface area contributed by atoms with Gasteiger partial charge in [0.25, 0.3) is 0 Å². The Bertz CT molecular complexity index is 690. The molecule has 5 aliphatic rings. The van der Waals surface area contributed by atoms with Crippen LogP contribution in [0.1, 0.15) is 125 Å². The molecule has 0 radical (unpaired) electrons. The Balaban J connectivity index is 1.26. The van der Waals surface area contributed by atoms with Gasteiger partial charge in [-0.3, -0.25) is 0 Å². The Morgan fingerprint density at radius 3 is 2.33 bits per heavy atom. The fourth-order valence-corrected chi connectivity index (χ4v) is 11.3. The van der Waals surface area contributed by atoms with Gasteiger partial charge in [0.2, 0.25) is 0 Å². The highest BCUT2D eigenvalue weighted by molar-refractivity contribution is 14.1. The summed E-state index contributed by atoms with van der Waals surface area (Å²) in [5.41, 5.74) is 1.50. The van der Waals surface area contributed by atoms with Crippen LogP contribution in [0.25, 0.3) is 0 Å². The van der Waals surface area contributed by atoms with Crippen LogP contribution in [0.15, 0.2) is 0 Å².